The van der Waals surface area contributed by atoms with Crippen LogP contribution < -0.4 is 10.1 Å². The first-order valence-electron chi connectivity index (χ1n) is 16.4. The molecule has 48 heavy (non-hydrogen) atoms. The highest BCUT2D eigenvalue weighted by molar-refractivity contribution is 5.92. The lowest BCUT2D eigenvalue weighted by Gasteiger charge is -2.43. The van der Waals surface area contributed by atoms with Gasteiger partial charge in [0.05, 0.1) is 25.3 Å². The van der Waals surface area contributed by atoms with Gasteiger partial charge in [0.25, 0.3) is 0 Å². The fourth-order valence-corrected chi connectivity index (χ4v) is 6.37. The summed E-state index contributed by atoms with van der Waals surface area (Å²) in [5.74, 6) is 0.342. The molecule has 4 aromatic heterocycles. The summed E-state index contributed by atoms with van der Waals surface area (Å²) in [6, 6.07) is 3.38. The van der Waals surface area contributed by atoms with Crippen molar-refractivity contribution in [1.29, 1.82) is 0 Å². The van der Waals surface area contributed by atoms with Crippen molar-refractivity contribution in [2.24, 2.45) is 0 Å². The van der Waals surface area contributed by atoms with Gasteiger partial charge in [0.15, 0.2) is 11.5 Å². The first-order valence-corrected chi connectivity index (χ1v) is 16.4. The quantitative estimate of drug-likeness (QED) is 0.243. The lowest BCUT2D eigenvalue weighted by atomic mass is 10.0. The molecule has 2 saturated heterocycles. The van der Waals surface area contributed by atoms with Crippen LogP contribution in [0.25, 0.3) is 22.4 Å². The van der Waals surface area contributed by atoms with Gasteiger partial charge in [-0.1, -0.05) is 0 Å². The van der Waals surface area contributed by atoms with Gasteiger partial charge in [-0.05, 0) is 72.4 Å². The molecular weight excluding hydrogens is 617 g/mol. The number of carbonyl (C=O) groups is 1. The molecular formula is C34H44FN9O4. The average Bonchev–Trinajstić information content (AvgIpc) is 3.48. The second kappa shape index (κ2) is 13.6. The zero-order chi connectivity index (χ0) is 34.2. The van der Waals surface area contributed by atoms with Crippen molar-refractivity contribution < 1.29 is 23.4 Å². The van der Waals surface area contributed by atoms with E-state index in [2.05, 4.69) is 35.1 Å². The highest BCUT2D eigenvalue weighted by atomic mass is 19.1. The highest BCUT2D eigenvalue weighted by Crippen LogP contribution is 2.37. The summed E-state index contributed by atoms with van der Waals surface area (Å²) in [6.07, 6.45) is 7.59. The predicted octanol–water partition coefficient (Wildman–Crippen LogP) is 6.18. The lowest BCUT2D eigenvalue weighted by Crippen LogP contribution is -2.54. The van der Waals surface area contributed by atoms with Crippen molar-refractivity contribution in [2.45, 2.75) is 84.7 Å². The first kappa shape index (κ1) is 33.5. The second-order valence-corrected chi connectivity index (χ2v) is 13.5. The Balaban J connectivity index is 1.37. The summed E-state index contributed by atoms with van der Waals surface area (Å²) in [6.45, 7) is 14.2. The van der Waals surface area contributed by atoms with E-state index in [9.17, 15) is 9.18 Å². The summed E-state index contributed by atoms with van der Waals surface area (Å²) in [5.41, 5.74) is 3.37. The van der Waals surface area contributed by atoms with Crippen molar-refractivity contribution in [3.05, 3.63) is 48.1 Å². The SMILES string of the molecule is COc1ncc(Nc2ncc([C@@H](C)N3CCN(C(=O)OC(C)(C)C)CC3C)cc2-c2nc(C)nc3c2ncn3C2CCCCO2)cc1F. The molecule has 1 N–H and O–H groups in total. The number of pyridine rings is 2. The van der Waals surface area contributed by atoms with Crippen LogP contribution in [0.4, 0.5) is 20.7 Å². The number of rotatable bonds is 7. The molecule has 0 radical (unpaired) electrons. The maximum atomic E-state index is 14.7. The zero-order valence-electron chi connectivity index (χ0n) is 28.7. The van der Waals surface area contributed by atoms with Crippen LogP contribution in [0.1, 0.15) is 77.5 Å². The maximum Gasteiger partial charge on any atom is 0.410 e. The Hall–Kier alpha value is -4.43. The van der Waals surface area contributed by atoms with Crippen LogP contribution >= 0.6 is 0 Å². The zero-order valence-corrected chi connectivity index (χ0v) is 28.7. The fraction of sp³-hybridized carbons (Fsp3) is 0.529. The summed E-state index contributed by atoms with van der Waals surface area (Å²) >= 11 is 0. The van der Waals surface area contributed by atoms with E-state index in [1.54, 1.807) is 11.2 Å². The number of methoxy groups -OCH3 is 1. The molecule has 13 nitrogen and oxygen atoms in total. The average molecular weight is 662 g/mol. The van der Waals surface area contributed by atoms with Gasteiger partial charge in [0, 0.05) is 56.2 Å². The number of halogens is 1. The number of imidazole rings is 1. The van der Waals surface area contributed by atoms with Gasteiger partial charge in [0.2, 0.25) is 5.88 Å². The van der Waals surface area contributed by atoms with Crippen LogP contribution in [-0.2, 0) is 9.47 Å². The number of hydrogen-bond acceptors (Lipinski definition) is 11. The number of nitrogens with zero attached hydrogens (tertiary/aromatic N) is 8. The van der Waals surface area contributed by atoms with Crippen LogP contribution in [0, 0.1) is 12.7 Å². The number of fused-ring (bicyclic) bond motifs is 1. The molecule has 6 heterocycles. The molecule has 4 aromatic rings. The standard InChI is InChI=1S/C34H44FN9O4/c1-20-18-42(33(45)48-34(4,5)6)11-12-43(20)21(2)23-14-25(30(36-16-23)41-24-15-26(35)32(46-7)37-17-24)28-29-31(40-22(3)39-28)44(19-38-29)27-10-8-9-13-47-27/h14-17,19-21,27H,8-13,18H2,1-7H3,(H,36,41)/t20?,21-,27?/m1/s1. The number of amides is 1. The Morgan fingerprint density at radius 2 is 1.94 bits per heavy atom. The smallest absolute Gasteiger partial charge is 0.410 e. The molecule has 2 unspecified atom stereocenters. The molecule has 0 aliphatic carbocycles. The minimum atomic E-state index is -0.597. The topological polar surface area (TPSA) is 133 Å². The molecule has 14 heteroatoms. The Kier molecular flexibility index (Phi) is 9.48. The minimum absolute atomic E-state index is 0.0483. The molecule has 0 aromatic carbocycles. The van der Waals surface area contributed by atoms with Gasteiger partial charge < -0.3 is 24.4 Å². The molecule has 2 aliphatic heterocycles. The summed E-state index contributed by atoms with van der Waals surface area (Å²) in [5, 5.41) is 3.25. The number of carbonyl (C=O) groups excluding carboxylic acids is 1. The number of hydrogen-bond donors (Lipinski definition) is 1. The van der Waals surface area contributed by atoms with Crippen LogP contribution in [0.15, 0.2) is 30.9 Å². The molecule has 1 amide bonds. The van der Waals surface area contributed by atoms with E-state index < -0.39 is 11.4 Å². The largest absolute Gasteiger partial charge is 0.479 e. The molecule has 0 bridgehead atoms. The molecule has 0 spiro atoms. The molecule has 6 rings (SSSR count). The minimum Gasteiger partial charge on any atom is -0.479 e. The predicted molar refractivity (Wildman–Crippen MR) is 179 cm³/mol. The summed E-state index contributed by atoms with van der Waals surface area (Å²) < 4.78 is 33.3. The van der Waals surface area contributed by atoms with Crippen LogP contribution in [-0.4, -0.2) is 90.4 Å². The van der Waals surface area contributed by atoms with E-state index >= 15 is 0 Å². The molecule has 0 saturated carbocycles. The number of ether oxygens (including phenoxy) is 3. The molecule has 3 atom stereocenters. The third kappa shape index (κ3) is 7.04. The summed E-state index contributed by atoms with van der Waals surface area (Å²) in [7, 11) is 1.37. The van der Waals surface area contributed by atoms with E-state index in [-0.39, 0.29) is 30.3 Å². The number of nitrogens with one attached hydrogen (secondary N) is 1. The van der Waals surface area contributed by atoms with Gasteiger partial charge in [-0.2, -0.15) is 0 Å². The van der Waals surface area contributed by atoms with E-state index in [4.69, 9.17) is 34.1 Å². The van der Waals surface area contributed by atoms with Gasteiger partial charge in [-0.15, -0.1) is 0 Å². The van der Waals surface area contributed by atoms with Crippen molar-refractivity contribution in [3.8, 4) is 17.1 Å². The van der Waals surface area contributed by atoms with E-state index in [0.29, 0.717) is 66.0 Å². The normalized spacial score (nSPS) is 19.7. The van der Waals surface area contributed by atoms with E-state index in [1.807, 2.05) is 38.5 Å². The maximum absolute atomic E-state index is 14.7. The highest BCUT2D eigenvalue weighted by Gasteiger charge is 2.33. The van der Waals surface area contributed by atoms with Gasteiger partial charge >= 0.3 is 6.09 Å². The Bertz CT molecular complexity index is 1790. The van der Waals surface area contributed by atoms with Gasteiger partial charge in [0.1, 0.15) is 34.7 Å². The molecule has 256 valence electrons. The Morgan fingerprint density at radius 3 is 2.62 bits per heavy atom. The molecule has 2 aliphatic rings. The van der Waals surface area contributed by atoms with Gasteiger partial charge in [-0.25, -0.2) is 34.1 Å². The van der Waals surface area contributed by atoms with Crippen molar-refractivity contribution in [2.75, 3.05) is 38.7 Å². The molecule has 2 fully saturated rings. The van der Waals surface area contributed by atoms with Crippen LogP contribution in [0.3, 0.4) is 0 Å². The Labute approximate surface area is 279 Å². The van der Waals surface area contributed by atoms with Crippen LogP contribution in [0.2, 0.25) is 0 Å². The van der Waals surface area contributed by atoms with Crippen molar-refractivity contribution in [3.63, 3.8) is 0 Å². The number of piperazine rings is 1. The van der Waals surface area contributed by atoms with Gasteiger partial charge in [-0.3, -0.25) is 9.47 Å². The number of anilines is 2. The van der Waals surface area contributed by atoms with Crippen molar-refractivity contribution >= 4 is 28.8 Å². The third-order valence-electron chi connectivity index (χ3n) is 8.74. The monoisotopic (exact) mass is 661 g/mol. The third-order valence-corrected chi connectivity index (χ3v) is 8.74. The fourth-order valence-electron chi connectivity index (χ4n) is 6.37. The Morgan fingerprint density at radius 1 is 1.12 bits per heavy atom. The second-order valence-electron chi connectivity index (χ2n) is 13.5. The van der Waals surface area contributed by atoms with E-state index in [0.717, 1.165) is 24.8 Å². The number of aryl methyl sites for hydroxylation is 1. The van der Waals surface area contributed by atoms with Crippen molar-refractivity contribution in [1.82, 2.24) is 39.3 Å². The lowest BCUT2D eigenvalue weighted by molar-refractivity contribution is -0.0298. The van der Waals surface area contributed by atoms with E-state index in [1.165, 1.54) is 19.4 Å². The van der Waals surface area contributed by atoms with Crippen LogP contribution in [0.5, 0.6) is 5.88 Å². The first-order chi connectivity index (χ1) is 22.9. The summed E-state index contributed by atoms with van der Waals surface area (Å²) in [4.78, 5) is 40.3. The number of aromatic nitrogens is 6.